The molecule has 3 heterocycles. The molecule has 1 saturated heterocycles. The van der Waals surface area contributed by atoms with E-state index in [9.17, 15) is 19.2 Å². The Kier molecular flexibility index (Phi) is 11.1. The van der Waals surface area contributed by atoms with Crippen LogP contribution in [0.2, 0.25) is 0 Å². The average Bonchev–Trinajstić information content (AvgIpc) is 3.48. The lowest BCUT2D eigenvalue weighted by molar-refractivity contribution is -0.134. The molecule has 0 aliphatic carbocycles. The minimum absolute atomic E-state index is 0.0202. The summed E-state index contributed by atoms with van der Waals surface area (Å²) in [4.78, 5) is 61.6. The Bertz CT molecular complexity index is 1710. The average molecular weight is 640 g/mol. The second-order valence-electron chi connectivity index (χ2n) is 14.0. The Balaban J connectivity index is 1.42. The number of epoxide rings is 1. The third-order valence-corrected chi connectivity index (χ3v) is 9.52. The zero-order valence-corrected chi connectivity index (χ0v) is 28.2. The number of rotatable bonds is 19. The maximum atomic E-state index is 14.2. The summed E-state index contributed by atoms with van der Waals surface area (Å²) in [5, 5.41) is 5.09. The fraction of sp³-hybridized carbons (Fsp3) is 0.487. The third kappa shape index (κ3) is 8.66. The number of ether oxygens (including phenoxy) is 1. The number of carbonyl (C=O) groups excluding carboxylic acids is 4. The number of ketones is 3. The van der Waals surface area contributed by atoms with Gasteiger partial charge in [-0.25, -0.2) is 0 Å². The Morgan fingerprint density at radius 3 is 2.02 bits per heavy atom. The van der Waals surface area contributed by atoms with Crippen molar-refractivity contribution in [1.82, 2.24) is 15.3 Å². The van der Waals surface area contributed by atoms with E-state index in [1.807, 2.05) is 74.8 Å². The summed E-state index contributed by atoms with van der Waals surface area (Å²) in [6.07, 6.45) is 8.32. The van der Waals surface area contributed by atoms with Crippen molar-refractivity contribution >= 4 is 45.1 Å². The van der Waals surface area contributed by atoms with Crippen LogP contribution in [0.25, 0.3) is 21.8 Å². The van der Waals surface area contributed by atoms with E-state index in [2.05, 4.69) is 22.2 Å². The standard InChI is InChI=1S/C39H49N3O5/c1-5-6-7-12-30(43)19-27(18-28-22-40-33-15-10-8-13-31(28)33)38(46)42-35(20-29-23-41-34-16-11-9-14-32(29)34)36(44)21-26(17-25(2)3)37(45)39(4)24-47-39/h8-11,13-16,22-23,25-27,35,40-41H,5-7,12,17-21,24H2,1-4H3,(H,42,46)/t26-,27-,35+,39-/m1/s1. The number of hydrogen-bond acceptors (Lipinski definition) is 5. The van der Waals surface area contributed by atoms with Crippen molar-refractivity contribution in [2.75, 3.05) is 6.61 Å². The first-order valence-electron chi connectivity index (χ1n) is 17.2. The van der Waals surface area contributed by atoms with Crippen LogP contribution in [0.4, 0.5) is 0 Å². The van der Waals surface area contributed by atoms with Crippen LogP contribution in [-0.2, 0) is 36.8 Å². The summed E-state index contributed by atoms with van der Waals surface area (Å²) in [6.45, 7) is 8.33. The van der Waals surface area contributed by atoms with Gasteiger partial charge in [-0.05, 0) is 55.4 Å². The number of H-pyrrole nitrogens is 2. The van der Waals surface area contributed by atoms with Gasteiger partial charge in [0.25, 0.3) is 0 Å². The first kappa shape index (κ1) is 34.3. The summed E-state index contributed by atoms with van der Waals surface area (Å²) in [5.74, 6) is -1.44. The highest BCUT2D eigenvalue weighted by molar-refractivity contribution is 5.98. The maximum absolute atomic E-state index is 14.2. The van der Waals surface area contributed by atoms with Gasteiger partial charge in [0.05, 0.1) is 12.6 Å². The molecule has 8 nitrogen and oxygen atoms in total. The lowest BCUT2D eigenvalue weighted by atomic mass is 9.82. The van der Waals surface area contributed by atoms with Crippen molar-refractivity contribution in [2.45, 2.75) is 97.1 Å². The highest BCUT2D eigenvalue weighted by Gasteiger charge is 2.50. The second kappa shape index (κ2) is 15.2. The summed E-state index contributed by atoms with van der Waals surface area (Å²) in [6, 6.07) is 14.9. The predicted octanol–water partition coefficient (Wildman–Crippen LogP) is 7.05. The topological polar surface area (TPSA) is 124 Å². The van der Waals surface area contributed by atoms with Gasteiger partial charge in [0.2, 0.25) is 5.91 Å². The molecule has 250 valence electrons. The van der Waals surface area contributed by atoms with E-state index in [1.54, 1.807) is 6.92 Å². The smallest absolute Gasteiger partial charge is 0.224 e. The van der Waals surface area contributed by atoms with Gasteiger partial charge in [-0.15, -0.1) is 0 Å². The highest BCUT2D eigenvalue weighted by Crippen LogP contribution is 2.34. The van der Waals surface area contributed by atoms with Crippen LogP contribution in [-0.4, -0.2) is 51.5 Å². The van der Waals surface area contributed by atoms with E-state index in [4.69, 9.17) is 4.74 Å². The molecule has 0 radical (unpaired) electrons. The van der Waals surface area contributed by atoms with Gasteiger partial charge in [0, 0.05) is 71.7 Å². The van der Waals surface area contributed by atoms with Gasteiger partial charge in [-0.2, -0.15) is 0 Å². The third-order valence-electron chi connectivity index (χ3n) is 9.52. The van der Waals surface area contributed by atoms with E-state index in [0.717, 1.165) is 52.2 Å². The molecule has 0 bridgehead atoms. The van der Waals surface area contributed by atoms with E-state index >= 15 is 0 Å². The molecule has 5 rings (SSSR count). The van der Waals surface area contributed by atoms with Crippen molar-refractivity contribution < 1.29 is 23.9 Å². The number of carbonyl (C=O) groups is 4. The lowest BCUT2D eigenvalue weighted by Gasteiger charge is -2.25. The van der Waals surface area contributed by atoms with Crippen LogP contribution in [0.5, 0.6) is 0 Å². The summed E-state index contributed by atoms with van der Waals surface area (Å²) < 4.78 is 5.48. The number of fused-ring (bicyclic) bond motifs is 2. The Morgan fingerprint density at radius 1 is 0.851 bits per heavy atom. The fourth-order valence-corrected chi connectivity index (χ4v) is 6.75. The maximum Gasteiger partial charge on any atom is 0.224 e. The lowest BCUT2D eigenvalue weighted by Crippen LogP contribution is -2.47. The van der Waals surface area contributed by atoms with Crippen molar-refractivity contribution in [1.29, 1.82) is 0 Å². The number of para-hydroxylation sites is 2. The molecule has 0 saturated carbocycles. The first-order valence-corrected chi connectivity index (χ1v) is 17.2. The van der Waals surface area contributed by atoms with Gasteiger partial charge >= 0.3 is 0 Å². The summed E-state index contributed by atoms with van der Waals surface area (Å²) in [5.41, 5.74) is 2.95. The minimum Gasteiger partial charge on any atom is -0.362 e. The highest BCUT2D eigenvalue weighted by atomic mass is 16.6. The molecular formula is C39H49N3O5. The molecule has 4 atom stereocenters. The van der Waals surface area contributed by atoms with E-state index in [0.29, 0.717) is 25.9 Å². The summed E-state index contributed by atoms with van der Waals surface area (Å²) >= 11 is 0. The van der Waals surface area contributed by atoms with Crippen molar-refractivity contribution in [3.05, 3.63) is 72.1 Å². The first-order chi connectivity index (χ1) is 22.6. The monoisotopic (exact) mass is 639 g/mol. The number of benzene rings is 2. The molecule has 1 aliphatic heterocycles. The molecule has 8 heteroatoms. The van der Waals surface area contributed by atoms with Crippen LogP contribution in [0, 0.1) is 17.8 Å². The fourth-order valence-electron chi connectivity index (χ4n) is 6.75. The second-order valence-corrected chi connectivity index (χ2v) is 14.0. The van der Waals surface area contributed by atoms with Gasteiger partial charge in [-0.3, -0.25) is 19.2 Å². The zero-order valence-electron chi connectivity index (χ0n) is 28.2. The number of aromatic nitrogens is 2. The van der Waals surface area contributed by atoms with Crippen molar-refractivity contribution in [3.8, 4) is 0 Å². The quantitative estimate of drug-likeness (QED) is 0.0749. The number of nitrogens with one attached hydrogen (secondary N) is 3. The number of aromatic amines is 2. The van der Waals surface area contributed by atoms with Crippen LogP contribution in [0.3, 0.4) is 0 Å². The number of amides is 1. The van der Waals surface area contributed by atoms with Gasteiger partial charge in [-0.1, -0.05) is 70.0 Å². The minimum atomic E-state index is -0.863. The number of Topliss-reactive ketones (excluding diaryl/α,β-unsaturated/α-hetero) is 3. The van der Waals surface area contributed by atoms with Crippen LogP contribution in [0.1, 0.15) is 83.8 Å². The number of unbranched alkanes of at least 4 members (excludes halogenated alkanes) is 2. The molecule has 1 aliphatic rings. The Morgan fingerprint density at radius 2 is 1.45 bits per heavy atom. The van der Waals surface area contributed by atoms with Gasteiger partial charge in [0.1, 0.15) is 11.4 Å². The summed E-state index contributed by atoms with van der Waals surface area (Å²) in [7, 11) is 0. The molecule has 3 N–H and O–H groups in total. The normalized spacial score (nSPS) is 17.9. The van der Waals surface area contributed by atoms with Gasteiger partial charge in [0.15, 0.2) is 11.6 Å². The number of hydrogen-bond donors (Lipinski definition) is 3. The molecule has 1 amide bonds. The van der Waals surface area contributed by atoms with E-state index in [-0.39, 0.29) is 48.4 Å². The molecule has 1 fully saturated rings. The molecule has 0 unspecified atom stereocenters. The van der Waals surface area contributed by atoms with E-state index < -0.39 is 23.5 Å². The van der Waals surface area contributed by atoms with Crippen LogP contribution < -0.4 is 5.32 Å². The van der Waals surface area contributed by atoms with E-state index in [1.165, 1.54) is 0 Å². The van der Waals surface area contributed by atoms with Crippen molar-refractivity contribution in [2.24, 2.45) is 17.8 Å². The molecule has 47 heavy (non-hydrogen) atoms. The van der Waals surface area contributed by atoms with Gasteiger partial charge < -0.3 is 20.0 Å². The largest absolute Gasteiger partial charge is 0.362 e. The predicted molar refractivity (Wildman–Crippen MR) is 185 cm³/mol. The Hall–Kier alpha value is -4.04. The van der Waals surface area contributed by atoms with Crippen LogP contribution >= 0.6 is 0 Å². The molecule has 0 spiro atoms. The molecule has 4 aromatic rings. The molecule has 2 aromatic heterocycles. The molecule has 2 aromatic carbocycles. The SMILES string of the molecule is CCCCCC(=O)C[C@@H](Cc1c[nH]c2ccccc12)C(=O)N[C@@H](Cc1c[nH]c2ccccc12)C(=O)C[C@@H](CC(C)C)C(=O)[C@@]1(C)CO1. The van der Waals surface area contributed by atoms with Crippen molar-refractivity contribution in [3.63, 3.8) is 0 Å². The zero-order chi connectivity index (χ0) is 33.6. The Labute approximate surface area is 277 Å². The molecular weight excluding hydrogens is 590 g/mol. The van der Waals surface area contributed by atoms with Crippen LogP contribution in [0.15, 0.2) is 60.9 Å².